The summed E-state index contributed by atoms with van der Waals surface area (Å²) in [5, 5.41) is 7.64. The molecule has 4 aromatic rings. The van der Waals surface area contributed by atoms with Gasteiger partial charge in [0.25, 0.3) is 5.91 Å². The summed E-state index contributed by atoms with van der Waals surface area (Å²) in [6.45, 7) is 6.60. The molecule has 0 aliphatic carbocycles. The van der Waals surface area contributed by atoms with Gasteiger partial charge in [-0.25, -0.2) is 4.68 Å². The van der Waals surface area contributed by atoms with Crippen LogP contribution in [-0.4, -0.2) is 31.1 Å². The second-order valence-corrected chi connectivity index (χ2v) is 8.44. The fourth-order valence-corrected chi connectivity index (χ4v) is 4.21. The number of aryl methyl sites for hydroxylation is 2. The molecule has 3 heterocycles. The van der Waals surface area contributed by atoms with Crippen molar-refractivity contribution in [3.05, 3.63) is 94.9 Å². The van der Waals surface area contributed by atoms with Crippen LogP contribution in [0.15, 0.2) is 67.0 Å². The molecule has 0 spiro atoms. The maximum atomic E-state index is 13.2. The number of carbonyl (C=O) groups excluding carboxylic acids is 2. The van der Waals surface area contributed by atoms with E-state index in [2.05, 4.69) is 41.9 Å². The first kappa shape index (κ1) is 20.8. The molecule has 1 aliphatic rings. The average molecular weight is 440 g/mol. The van der Waals surface area contributed by atoms with Gasteiger partial charge in [0.05, 0.1) is 24.5 Å². The lowest BCUT2D eigenvalue weighted by molar-refractivity contribution is -0.114. The molecule has 5 rings (SSSR count). The smallest absolute Gasteiger partial charge is 0.254 e. The van der Waals surface area contributed by atoms with Gasteiger partial charge in [-0.15, -0.1) is 0 Å². The summed E-state index contributed by atoms with van der Waals surface area (Å²) in [5.74, 6) is 0.755. The number of nitrogens with one attached hydrogen (secondary N) is 1. The molecule has 0 fully saturated rings. The molecule has 1 N–H and O–H groups in total. The van der Waals surface area contributed by atoms with Crippen molar-refractivity contribution < 1.29 is 9.59 Å². The van der Waals surface area contributed by atoms with Gasteiger partial charge in [-0.2, -0.15) is 5.10 Å². The monoisotopic (exact) mass is 439 g/mol. The maximum absolute atomic E-state index is 13.2. The highest BCUT2D eigenvalue weighted by Crippen LogP contribution is 2.32. The van der Waals surface area contributed by atoms with E-state index in [1.807, 2.05) is 34.1 Å². The maximum Gasteiger partial charge on any atom is 0.254 e. The number of hydrogen-bond acceptors (Lipinski definition) is 3. The third-order valence-corrected chi connectivity index (χ3v) is 6.05. The van der Waals surface area contributed by atoms with E-state index in [0.717, 1.165) is 22.8 Å². The van der Waals surface area contributed by atoms with Crippen LogP contribution in [-0.2, 0) is 17.9 Å². The molecule has 0 atom stereocenters. The molecule has 0 radical (unpaired) electrons. The molecule has 2 aromatic heterocycles. The molecule has 2 amide bonds. The number of amides is 2. The third-order valence-electron chi connectivity index (χ3n) is 6.05. The zero-order chi connectivity index (χ0) is 23.1. The minimum Gasteiger partial charge on any atom is -0.328 e. The first-order valence-corrected chi connectivity index (χ1v) is 10.9. The zero-order valence-electron chi connectivity index (χ0n) is 18.9. The third kappa shape index (κ3) is 3.82. The quantitative estimate of drug-likeness (QED) is 0.513. The Bertz CT molecular complexity index is 1350. The Kier molecular flexibility index (Phi) is 5.09. The van der Waals surface area contributed by atoms with Gasteiger partial charge in [0, 0.05) is 36.1 Å². The molecule has 0 bridgehead atoms. The number of benzene rings is 2. The summed E-state index contributed by atoms with van der Waals surface area (Å²) in [6.07, 6.45) is 4.00. The number of aromatic nitrogens is 3. The van der Waals surface area contributed by atoms with Crippen molar-refractivity contribution in [2.45, 2.75) is 33.9 Å². The minimum absolute atomic E-state index is 0.0569. The molecule has 0 saturated heterocycles. The van der Waals surface area contributed by atoms with Crippen LogP contribution < -0.4 is 5.32 Å². The highest BCUT2D eigenvalue weighted by atomic mass is 16.2. The molecule has 0 unspecified atom stereocenters. The van der Waals surface area contributed by atoms with Crippen LogP contribution in [0.5, 0.6) is 0 Å². The van der Waals surface area contributed by atoms with E-state index in [1.165, 1.54) is 18.1 Å². The van der Waals surface area contributed by atoms with Gasteiger partial charge >= 0.3 is 0 Å². The van der Waals surface area contributed by atoms with E-state index >= 15 is 0 Å². The first-order chi connectivity index (χ1) is 15.9. The number of rotatable bonds is 4. The van der Waals surface area contributed by atoms with Crippen molar-refractivity contribution in [3.8, 4) is 11.5 Å². The number of anilines is 1. The Hall–Kier alpha value is -4.13. The molecular weight excluding hydrogens is 414 g/mol. The molecule has 2 aromatic carbocycles. The van der Waals surface area contributed by atoms with Crippen LogP contribution in [0.25, 0.3) is 11.5 Å². The van der Waals surface area contributed by atoms with Crippen LogP contribution >= 0.6 is 0 Å². The number of carbonyl (C=O) groups is 2. The van der Waals surface area contributed by atoms with Crippen molar-refractivity contribution in [3.63, 3.8) is 0 Å². The lowest BCUT2D eigenvalue weighted by atomic mass is 10.1. The highest BCUT2D eigenvalue weighted by molar-refractivity contribution is 5.95. The summed E-state index contributed by atoms with van der Waals surface area (Å²) in [5.41, 5.74) is 6.65. The molecule has 1 aliphatic heterocycles. The zero-order valence-corrected chi connectivity index (χ0v) is 18.9. The Morgan fingerprint density at radius 3 is 2.33 bits per heavy atom. The van der Waals surface area contributed by atoms with Crippen LogP contribution in [0.3, 0.4) is 0 Å². The fourth-order valence-electron chi connectivity index (χ4n) is 4.21. The molecule has 166 valence electrons. The number of nitrogens with zero attached hydrogens (tertiary/aromatic N) is 4. The molecule has 0 saturated carbocycles. The Morgan fingerprint density at radius 1 is 0.939 bits per heavy atom. The predicted molar refractivity (Wildman–Crippen MR) is 127 cm³/mol. The van der Waals surface area contributed by atoms with Gasteiger partial charge in [0.1, 0.15) is 5.82 Å². The minimum atomic E-state index is -0.141. The molecule has 7 heteroatoms. The van der Waals surface area contributed by atoms with Crippen LogP contribution in [0, 0.1) is 13.8 Å². The van der Waals surface area contributed by atoms with Crippen LogP contribution in [0.4, 0.5) is 5.69 Å². The second-order valence-electron chi connectivity index (χ2n) is 8.44. The summed E-state index contributed by atoms with van der Waals surface area (Å²) in [6, 6.07) is 17.3. The lowest BCUT2D eigenvalue weighted by Crippen LogP contribution is -2.26. The van der Waals surface area contributed by atoms with Crippen molar-refractivity contribution in [1.29, 1.82) is 0 Å². The summed E-state index contributed by atoms with van der Waals surface area (Å²) in [4.78, 5) is 26.2. The van der Waals surface area contributed by atoms with E-state index < -0.39 is 0 Å². The average Bonchev–Trinajstić information content (AvgIpc) is 3.51. The van der Waals surface area contributed by atoms with Crippen molar-refractivity contribution in [2.24, 2.45) is 0 Å². The van der Waals surface area contributed by atoms with Crippen molar-refractivity contribution >= 4 is 17.5 Å². The first-order valence-electron chi connectivity index (χ1n) is 10.9. The highest BCUT2D eigenvalue weighted by Gasteiger charge is 2.32. The number of hydrogen-bond donors (Lipinski definition) is 1. The summed E-state index contributed by atoms with van der Waals surface area (Å²) < 4.78 is 4.03. The van der Waals surface area contributed by atoms with E-state index in [4.69, 9.17) is 5.10 Å². The SMILES string of the molecule is CC(=O)Nc1ccc(C(=O)N2Cc3nn(-c4ccc(C)c(C)c4)c(-n4cccc4)c3C2)cc1. The van der Waals surface area contributed by atoms with Crippen LogP contribution in [0.2, 0.25) is 0 Å². The van der Waals surface area contributed by atoms with Crippen molar-refractivity contribution in [2.75, 3.05) is 5.32 Å². The summed E-state index contributed by atoms with van der Waals surface area (Å²) in [7, 11) is 0. The van der Waals surface area contributed by atoms with E-state index in [0.29, 0.717) is 24.3 Å². The van der Waals surface area contributed by atoms with Gasteiger partial charge < -0.3 is 14.8 Å². The topological polar surface area (TPSA) is 72.2 Å². The van der Waals surface area contributed by atoms with E-state index in [1.54, 1.807) is 24.3 Å². The van der Waals surface area contributed by atoms with Gasteiger partial charge in [-0.1, -0.05) is 6.07 Å². The molecular formula is C26H25N5O2. The largest absolute Gasteiger partial charge is 0.328 e. The van der Waals surface area contributed by atoms with Gasteiger partial charge in [0.2, 0.25) is 5.91 Å². The predicted octanol–water partition coefficient (Wildman–Crippen LogP) is 4.39. The Balaban J connectivity index is 1.46. The van der Waals surface area contributed by atoms with E-state index in [-0.39, 0.29) is 11.8 Å². The van der Waals surface area contributed by atoms with E-state index in [9.17, 15) is 9.59 Å². The molecule has 7 nitrogen and oxygen atoms in total. The van der Waals surface area contributed by atoms with Gasteiger partial charge in [-0.3, -0.25) is 9.59 Å². The number of fused-ring (bicyclic) bond motifs is 1. The Morgan fingerprint density at radius 2 is 1.67 bits per heavy atom. The second kappa shape index (κ2) is 8.09. The normalized spacial score (nSPS) is 12.6. The summed E-state index contributed by atoms with van der Waals surface area (Å²) >= 11 is 0. The van der Waals surface area contributed by atoms with Gasteiger partial charge in [-0.05, 0) is 73.5 Å². The standard InChI is InChI=1S/C26H25N5O2/c1-17-6-11-22(14-18(17)2)31-25(29-12-4-5-13-29)23-15-30(16-24(23)28-31)26(33)20-7-9-21(10-8-20)27-19(3)32/h4-14H,15-16H2,1-3H3,(H,27,32). The molecule has 33 heavy (non-hydrogen) atoms. The van der Waals surface area contributed by atoms with Crippen LogP contribution in [0.1, 0.15) is 39.7 Å². The Labute approximate surface area is 192 Å². The fraction of sp³-hybridized carbons (Fsp3) is 0.192. The lowest BCUT2D eigenvalue weighted by Gasteiger charge is -2.18. The van der Waals surface area contributed by atoms with Gasteiger partial charge in [0.15, 0.2) is 0 Å². The van der Waals surface area contributed by atoms with Crippen molar-refractivity contribution in [1.82, 2.24) is 19.2 Å².